The molecule has 0 atom stereocenters. The molecule has 0 aliphatic heterocycles. The first kappa shape index (κ1) is 21.9. The lowest BCUT2D eigenvalue weighted by Gasteiger charge is -2.06. The molecule has 0 heterocycles. The third kappa shape index (κ3) is 19.9. The summed E-state index contributed by atoms with van der Waals surface area (Å²) in [5.41, 5.74) is 0. The lowest BCUT2D eigenvalue weighted by atomic mass is 10.0. The van der Waals surface area contributed by atoms with Gasteiger partial charge in [-0.2, -0.15) is 13.2 Å². The van der Waals surface area contributed by atoms with Crippen molar-refractivity contribution in [3.63, 3.8) is 0 Å². The van der Waals surface area contributed by atoms with Crippen LogP contribution in [-0.4, -0.2) is 22.1 Å². The number of hydrogen-bond donors (Lipinski definition) is 2. The van der Waals surface area contributed by atoms with E-state index in [1.165, 1.54) is 0 Å². The monoisotopic (exact) mass is 346 g/mol. The van der Waals surface area contributed by atoms with Crippen LogP contribution in [0, 0.1) is 0 Å². The molecule has 0 saturated carbocycles. The van der Waals surface area contributed by atoms with E-state index in [9.17, 15) is 17.7 Å². The van der Waals surface area contributed by atoms with Crippen molar-refractivity contribution in [3.8, 4) is 0 Å². The minimum Gasteiger partial charge on any atom is -0.324 e. The molecule has 0 aliphatic carbocycles. The highest BCUT2D eigenvalue weighted by Crippen LogP contribution is 2.35. The van der Waals surface area contributed by atoms with Crippen LogP contribution in [0.2, 0.25) is 0 Å². The molecule has 0 bridgehead atoms. The van der Waals surface area contributed by atoms with Crippen LogP contribution in [-0.2, 0) is 4.57 Å². The van der Waals surface area contributed by atoms with Crippen LogP contribution in [0.1, 0.15) is 83.5 Å². The summed E-state index contributed by atoms with van der Waals surface area (Å²) in [7, 11) is -3.82. The molecule has 0 spiro atoms. The maximum absolute atomic E-state index is 11.9. The van der Waals surface area contributed by atoms with Gasteiger partial charge in [0.15, 0.2) is 0 Å². The minimum absolute atomic E-state index is 0.0126. The summed E-state index contributed by atoms with van der Waals surface area (Å²) < 4.78 is 46.3. The molecule has 134 valence electrons. The highest BCUT2D eigenvalue weighted by molar-refractivity contribution is 7.51. The average molecular weight is 346 g/mol. The molecule has 0 unspecified atom stereocenters. The third-order valence-electron chi connectivity index (χ3n) is 3.66. The normalized spacial score (nSPS) is 12.8. The zero-order chi connectivity index (χ0) is 16.9. The fraction of sp³-hybridized carbons (Fsp3) is 1.00. The van der Waals surface area contributed by atoms with Crippen LogP contribution < -0.4 is 0 Å². The van der Waals surface area contributed by atoms with Crippen molar-refractivity contribution >= 4 is 7.60 Å². The van der Waals surface area contributed by atoms with Gasteiger partial charge in [0, 0.05) is 12.6 Å². The number of hydrogen-bond acceptors (Lipinski definition) is 1. The SMILES string of the molecule is O=P(O)(O)CCCCCCCCCCCCCCC(F)(F)F. The Morgan fingerprint density at radius 2 is 0.955 bits per heavy atom. The van der Waals surface area contributed by atoms with Crippen molar-refractivity contribution in [1.29, 1.82) is 0 Å². The second kappa shape index (κ2) is 12.4. The predicted molar refractivity (Wildman–Crippen MR) is 83.0 cm³/mol. The van der Waals surface area contributed by atoms with Crippen LogP contribution in [0.15, 0.2) is 0 Å². The second-order valence-electron chi connectivity index (χ2n) is 6.00. The van der Waals surface area contributed by atoms with Gasteiger partial charge in [0.1, 0.15) is 0 Å². The zero-order valence-corrected chi connectivity index (χ0v) is 14.2. The van der Waals surface area contributed by atoms with Gasteiger partial charge in [-0.3, -0.25) is 4.57 Å². The Morgan fingerprint density at radius 3 is 1.27 bits per heavy atom. The van der Waals surface area contributed by atoms with Crippen molar-refractivity contribution in [2.75, 3.05) is 6.16 Å². The van der Waals surface area contributed by atoms with Gasteiger partial charge in [0.25, 0.3) is 0 Å². The second-order valence-corrected chi connectivity index (χ2v) is 7.77. The molecule has 0 saturated heterocycles. The first-order valence-corrected chi connectivity index (χ1v) is 10.1. The molecule has 0 fully saturated rings. The molecule has 0 aromatic carbocycles. The summed E-state index contributed by atoms with van der Waals surface area (Å²) in [6.07, 6.45) is 6.17. The van der Waals surface area contributed by atoms with E-state index in [1.807, 2.05) is 0 Å². The standard InChI is InChI=1S/C15H30F3O3P/c16-15(17,18)13-11-9-7-5-3-1-2-4-6-8-10-12-14-22(19,20)21/h1-14H2,(H2,19,20,21). The number of alkyl halides is 3. The van der Waals surface area contributed by atoms with Crippen molar-refractivity contribution in [2.24, 2.45) is 0 Å². The van der Waals surface area contributed by atoms with E-state index < -0.39 is 20.2 Å². The predicted octanol–water partition coefficient (Wildman–Crippen LogP) is 5.80. The molecule has 0 aliphatic rings. The fourth-order valence-electron chi connectivity index (χ4n) is 2.41. The first-order chi connectivity index (χ1) is 10.2. The van der Waals surface area contributed by atoms with Crippen LogP contribution in [0.5, 0.6) is 0 Å². The minimum atomic E-state index is -4.01. The molecular weight excluding hydrogens is 316 g/mol. The quantitative estimate of drug-likeness (QED) is 0.309. The number of halogens is 3. The van der Waals surface area contributed by atoms with Gasteiger partial charge in [-0.05, 0) is 12.8 Å². The third-order valence-corrected chi connectivity index (χ3v) is 4.56. The van der Waals surface area contributed by atoms with Gasteiger partial charge in [0.2, 0.25) is 0 Å². The van der Waals surface area contributed by atoms with Gasteiger partial charge in [-0.15, -0.1) is 0 Å². The van der Waals surface area contributed by atoms with E-state index in [0.717, 1.165) is 57.8 Å². The van der Waals surface area contributed by atoms with Crippen LogP contribution in [0.3, 0.4) is 0 Å². The van der Waals surface area contributed by atoms with Crippen LogP contribution >= 0.6 is 7.60 Å². The fourth-order valence-corrected chi connectivity index (χ4v) is 3.05. The highest BCUT2D eigenvalue weighted by atomic mass is 31.2. The molecule has 7 heteroatoms. The molecule has 0 rings (SSSR count). The van der Waals surface area contributed by atoms with E-state index in [-0.39, 0.29) is 12.6 Å². The molecule has 2 N–H and O–H groups in total. The molecule has 0 aromatic rings. The molecule has 3 nitrogen and oxygen atoms in total. The lowest BCUT2D eigenvalue weighted by Crippen LogP contribution is -2.06. The lowest BCUT2D eigenvalue weighted by molar-refractivity contribution is -0.135. The van der Waals surface area contributed by atoms with E-state index in [1.54, 1.807) is 0 Å². The van der Waals surface area contributed by atoms with Gasteiger partial charge in [-0.1, -0.05) is 64.2 Å². The number of rotatable bonds is 14. The summed E-state index contributed by atoms with van der Waals surface area (Å²) in [4.78, 5) is 17.4. The largest absolute Gasteiger partial charge is 0.389 e. The summed E-state index contributed by atoms with van der Waals surface area (Å²) in [6, 6.07) is 0. The number of unbranched alkanes of at least 4 members (excludes halogenated alkanes) is 11. The van der Waals surface area contributed by atoms with Crippen LogP contribution in [0.4, 0.5) is 13.2 Å². The molecular formula is C15H30F3O3P. The smallest absolute Gasteiger partial charge is 0.324 e. The van der Waals surface area contributed by atoms with E-state index in [0.29, 0.717) is 12.8 Å². The maximum atomic E-state index is 11.9. The zero-order valence-electron chi connectivity index (χ0n) is 13.3. The molecule has 0 aromatic heterocycles. The average Bonchev–Trinajstić information content (AvgIpc) is 2.36. The maximum Gasteiger partial charge on any atom is 0.389 e. The van der Waals surface area contributed by atoms with Gasteiger partial charge in [-0.25, -0.2) is 0 Å². The Bertz CT molecular complexity index is 303. The Morgan fingerprint density at radius 1 is 0.636 bits per heavy atom. The Kier molecular flexibility index (Phi) is 12.3. The summed E-state index contributed by atoms with van der Waals surface area (Å²) in [5.74, 6) is 0. The Hall–Kier alpha value is -0.0600. The van der Waals surface area contributed by atoms with Crippen molar-refractivity contribution in [2.45, 2.75) is 89.6 Å². The topological polar surface area (TPSA) is 57.5 Å². The summed E-state index contributed by atoms with van der Waals surface area (Å²) in [6.45, 7) is 0. The summed E-state index contributed by atoms with van der Waals surface area (Å²) >= 11 is 0. The van der Waals surface area contributed by atoms with E-state index in [4.69, 9.17) is 9.79 Å². The summed E-state index contributed by atoms with van der Waals surface area (Å²) in [5, 5.41) is 0. The van der Waals surface area contributed by atoms with Gasteiger partial charge >= 0.3 is 13.8 Å². The highest BCUT2D eigenvalue weighted by Gasteiger charge is 2.25. The van der Waals surface area contributed by atoms with Gasteiger partial charge in [0.05, 0.1) is 0 Å². The molecule has 0 amide bonds. The van der Waals surface area contributed by atoms with Crippen molar-refractivity contribution in [1.82, 2.24) is 0 Å². The van der Waals surface area contributed by atoms with Gasteiger partial charge < -0.3 is 9.79 Å². The van der Waals surface area contributed by atoms with Crippen LogP contribution in [0.25, 0.3) is 0 Å². The Balaban J connectivity index is 3.10. The Labute approximate surface area is 131 Å². The molecule has 0 radical (unpaired) electrons. The molecule has 22 heavy (non-hydrogen) atoms. The van der Waals surface area contributed by atoms with Crippen molar-refractivity contribution < 1.29 is 27.5 Å². The first-order valence-electron chi connectivity index (χ1n) is 8.32. The van der Waals surface area contributed by atoms with E-state index >= 15 is 0 Å². The van der Waals surface area contributed by atoms with Crippen molar-refractivity contribution in [3.05, 3.63) is 0 Å². The van der Waals surface area contributed by atoms with E-state index in [2.05, 4.69) is 0 Å².